The minimum Gasteiger partial charge on any atom is -0.273 e. The van der Waals surface area contributed by atoms with E-state index in [1.54, 1.807) is 10.9 Å². The van der Waals surface area contributed by atoms with Crippen LogP contribution < -0.4 is 0 Å². The van der Waals surface area contributed by atoms with Crippen molar-refractivity contribution < 1.29 is 0 Å². The fourth-order valence-corrected chi connectivity index (χ4v) is 0.888. The topological polar surface area (TPSA) is 43.6 Å². The Bertz CT molecular complexity index is 318. The van der Waals surface area contributed by atoms with Crippen molar-refractivity contribution in [1.29, 1.82) is 0 Å². The average Bonchev–Trinajstić information content (AvgIpc) is 2.27. The van der Waals surface area contributed by atoms with Gasteiger partial charge in [0.1, 0.15) is 6.33 Å². The molecule has 0 N–H and O–H groups in total. The lowest BCUT2D eigenvalue weighted by Gasteiger charge is -1.79. The molecular formula is C6H6N4. The van der Waals surface area contributed by atoms with E-state index in [1.165, 1.54) is 6.33 Å². The zero-order valence-corrected chi connectivity index (χ0v) is 5.52. The molecule has 2 aromatic rings. The van der Waals surface area contributed by atoms with Crippen LogP contribution in [-0.2, 0) is 7.05 Å². The smallest absolute Gasteiger partial charge is 0.184 e. The molecular weight excluding hydrogens is 128 g/mol. The number of nitrogens with zero attached hydrogens (tertiary/aromatic N) is 4. The molecule has 0 atom stereocenters. The van der Waals surface area contributed by atoms with E-state index in [-0.39, 0.29) is 0 Å². The molecule has 0 spiro atoms. The maximum Gasteiger partial charge on any atom is 0.184 e. The lowest BCUT2D eigenvalue weighted by atomic mass is 10.5. The molecule has 10 heavy (non-hydrogen) atoms. The van der Waals surface area contributed by atoms with E-state index in [0.717, 1.165) is 11.0 Å². The molecule has 50 valence electrons. The number of hydrogen-bond acceptors (Lipinski definition) is 3. The van der Waals surface area contributed by atoms with Crippen LogP contribution in [0, 0.1) is 0 Å². The summed E-state index contributed by atoms with van der Waals surface area (Å²) in [7, 11) is 1.86. The fourth-order valence-electron chi connectivity index (χ4n) is 0.888. The molecule has 0 fully saturated rings. The van der Waals surface area contributed by atoms with Crippen molar-refractivity contribution in [2.45, 2.75) is 0 Å². The van der Waals surface area contributed by atoms with Crippen molar-refractivity contribution in [2.75, 3.05) is 0 Å². The van der Waals surface area contributed by atoms with Gasteiger partial charge < -0.3 is 0 Å². The fraction of sp³-hybridized carbons (Fsp3) is 0.167. The van der Waals surface area contributed by atoms with Crippen LogP contribution in [0.2, 0.25) is 0 Å². The molecule has 0 amide bonds. The van der Waals surface area contributed by atoms with Gasteiger partial charge in [-0.3, -0.25) is 4.68 Å². The molecule has 0 saturated heterocycles. The Morgan fingerprint density at radius 2 is 2.40 bits per heavy atom. The molecule has 4 nitrogen and oxygen atoms in total. The molecule has 0 aliphatic rings. The van der Waals surface area contributed by atoms with Gasteiger partial charge in [0.2, 0.25) is 0 Å². The first kappa shape index (κ1) is 5.34. The number of fused-ring (bicyclic) bond motifs is 1. The normalized spacial score (nSPS) is 10.5. The van der Waals surface area contributed by atoms with Gasteiger partial charge in [-0.1, -0.05) is 0 Å². The van der Waals surface area contributed by atoms with Crippen molar-refractivity contribution in [3.05, 3.63) is 18.7 Å². The third-order valence-corrected chi connectivity index (χ3v) is 1.30. The molecule has 2 rings (SSSR count). The summed E-state index contributed by atoms with van der Waals surface area (Å²) in [6.45, 7) is 0. The quantitative estimate of drug-likeness (QED) is 0.522. The second kappa shape index (κ2) is 1.76. The molecule has 0 aliphatic carbocycles. The van der Waals surface area contributed by atoms with Crippen LogP contribution in [0.15, 0.2) is 18.7 Å². The molecule has 4 heteroatoms. The first-order valence-electron chi connectivity index (χ1n) is 2.95. The van der Waals surface area contributed by atoms with E-state index in [2.05, 4.69) is 15.1 Å². The van der Waals surface area contributed by atoms with E-state index in [1.807, 2.05) is 13.2 Å². The van der Waals surface area contributed by atoms with Gasteiger partial charge in [0.05, 0.1) is 5.39 Å². The second-order valence-corrected chi connectivity index (χ2v) is 2.10. The molecule has 2 aromatic heterocycles. The van der Waals surface area contributed by atoms with Crippen LogP contribution in [0.1, 0.15) is 0 Å². The number of aromatic nitrogens is 4. The van der Waals surface area contributed by atoms with Gasteiger partial charge in [0, 0.05) is 19.4 Å². The molecule has 0 radical (unpaired) electrons. The highest BCUT2D eigenvalue weighted by Crippen LogP contribution is 2.03. The number of hydrogen-bond donors (Lipinski definition) is 0. The highest BCUT2D eigenvalue weighted by molar-refractivity contribution is 5.71. The highest BCUT2D eigenvalue weighted by atomic mass is 15.3. The average molecular weight is 134 g/mol. The summed E-state index contributed by atoms with van der Waals surface area (Å²) < 4.78 is 1.72. The zero-order valence-electron chi connectivity index (χ0n) is 5.52. The lowest BCUT2D eigenvalue weighted by molar-refractivity contribution is 0.775. The Kier molecular flexibility index (Phi) is 0.943. The third kappa shape index (κ3) is 0.655. The SMILES string of the molecule is Cn1cc2cncnc2n1. The zero-order chi connectivity index (χ0) is 6.97. The van der Waals surface area contributed by atoms with E-state index >= 15 is 0 Å². The monoisotopic (exact) mass is 134 g/mol. The minimum atomic E-state index is 0.748. The number of aryl methyl sites for hydroxylation is 1. The van der Waals surface area contributed by atoms with Gasteiger partial charge in [0.25, 0.3) is 0 Å². The number of rotatable bonds is 0. The van der Waals surface area contributed by atoms with Crippen LogP contribution >= 0.6 is 0 Å². The van der Waals surface area contributed by atoms with Crippen LogP contribution in [0.3, 0.4) is 0 Å². The van der Waals surface area contributed by atoms with E-state index in [9.17, 15) is 0 Å². The predicted molar refractivity (Wildman–Crippen MR) is 36.3 cm³/mol. The predicted octanol–water partition coefficient (Wildman–Crippen LogP) is 0.363. The summed E-state index contributed by atoms with van der Waals surface area (Å²) >= 11 is 0. The standard InChI is InChI=1S/C6H6N4/c1-10-3-5-2-7-4-8-6(5)9-10/h2-4H,1H3. The minimum absolute atomic E-state index is 0.748. The van der Waals surface area contributed by atoms with Gasteiger partial charge in [-0.25, -0.2) is 9.97 Å². The Morgan fingerprint density at radius 3 is 3.20 bits per heavy atom. The van der Waals surface area contributed by atoms with Gasteiger partial charge in [-0.15, -0.1) is 0 Å². The summed E-state index contributed by atoms with van der Waals surface area (Å²) in [4.78, 5) is 7.82. The molecule has 2 heterocycles. The van der Waals surface area contributed by atoms with Gasteiger partial charge in [0.15, 0.2) is 5.65 Å². The Labute approximate surface area is 57.5 Å². The largest absolute Gasteiger partial charge is 0.273 e. The van der Waals surface area contributed by atoms with Gasteiger partial charge in [-0.2, -0.15) is 5.10 Å². The lowest BCUT2D eigenvalue weighted by Crippen LogP contribution is -1.85. The van der Waals surface area contributed by atoms with Gasteiger partial charge >= 0.3 is 0 Å². The summed E-state index contributed by atoms with van der Waals surface area (Å²) in [5, 5.41) is 5.06. The summed E-state index contributed by atoms with van der Waals surface area (Å²) in [5.41, 5.74) is 0.748. The van der Waals surface area contributed by atoms with Crippen molar-refractivity contribution in [1.82, 2.24) is 19.7 Å². The summed E-state index contributed by atoms with van der Waals surface area (Å²) in [6, 6.07) is 0. The second-order valence-electron chi connectivity index (χ2n) is 2.10. The molecule has 0 aliphatic heterocycles. The highest BCUT2D eigenvalue weighted by Gasteiger charge is 1.95. The molecule has 0 saturated carbocycles. The van der Waals surface area contributed by atoms with Crippen molar-refractivity contribution >= 4 is 11.0 Å². The van der Waals surface area contributed by atoms with Crippen LogP contribution in [0.4, 0.5) is 0 Å². The van der Waals surface area contributed by atoms with Crippen LogP contribution in [0.5, 0.6) is 0 Å². The summed E-state index contributed by atoms with van der Waals surface area (Å²) in [6.07, 6.45) is 5.12. The maximum atomic E-state index is 4.08. The third-order valence-electron chi connectivity index (χ3n) is 1.30. The molecule has 0 bridgehead atoms. The van der Waals surface area contributed by atoms with E-state index in [0.29, 0.717) is 0 Å². The first-order valence-corrected chi connectivity index (χ1v) is 2.95. The first-order chi connectivity index (χ1) is 4.86. The van der Waals surface area contributed by atoms with Crippen molar-refractivity contribution in [3.8, 4) is 0 Å². The van der Waals surface area contributed by atoms with Crippen LogP contribution in [0.25, 0.3) is 11.0 Å². The molecule has 0 unspecified atom stereocenters. The maximum absolute atomic E-state index is 4.08. The van der Waals surface area contributed by atoms with Crippen LogP contribution in [-0.4, -0.2) is 19.7 Å². The van der Waals surface area contributed by atoms with Gasteiger partial charge in [-0.05, 0) is 0 Å². The van der Waals surface area contributed by atoms with E-state index in [4.69, 9.17) is 0 Å². The summed E-state index contributed by atoms with van der Waals surface area (Å²) in [5.74, 6) is 0. The Hall–Kier alpha value is -1.45. The Balaban J connectivity index is 2.88. The van der Waals surface area contributed by atoms with Crippen molar-refractivity contribution in [3.63, 3.8) is 0 Å². The Morgan fingerprint density at radius 1 is 1.50 bits per heavy atom. The van der Waals surface area contributed by atoms with E-state index < -0.39 is 0 Å². The molecule has 0 aromatic carbocycles. The van der Waals surface area contributed by atoms with Crippen molar-refractivity contribution in [2.24, 2.45) is 7.05 Å².